The molecule has 0 aliphatic carbocycles. The average Bonchev–Trinajstić information content (AvgIpc) is 3.16. The standard InChI is InChI=1S/C16H12ClN5O3/c17-10-1-3-13(22-9-18-20-21-22)12(7-10)16(23)19-11-2-4-14-15(8-11)25-6-5-24-14/h1-4,7-9H,5-6H2,(H,19,23). The van der Waals surface area contributed by atoms with Crippen LogP contribution in [0, 0.1) is 0 Å². The summed E-state index contributed by atoms with van der Waals surface area (Å²) in [5, 5.41) is 14.3. The Balaban J connectivity index is 1.64. The molecule has 1 aromatic heterocycles. The number of nitrogens with zero attached hydrogens (tertiary/aromatic N) is 4. The molecule has 1 aliphatic rings. The second-order valence-electron chi connectivity index (χ2n) is 5.23. The van der Waals surface area contributed by atoms with Gasteiger partial charge in [0, 0.05) is 16.8 Å². The molecule has 0 fully saturated rings. The molecule has 0 unspecified atom stereocenters. The Morgan fingerprint density at radius 1 is 1.12 bits per heavy atom. The Labute approximate surface area is 147 Å². The van der Waals surface area contributed by atoms with E-state index in [1.807, 2.05) is 0 Å². The highest BCUT2D eigenvalue weighted by Crippen LogP contribution is 2.33. The third-order valence-electron chi connectivity index (χ3n) is 3.60. The van der Waals surface area contributed by atoms with Crippen LogP contribution in [0.1, 0.15) is 10.4 Å². The van der Waals surface area contributed by atoms with Crippen molar-refractivity contribution < 1.29 is 14.3 Å². The third kappa shape index (κ3) is 3.11. The van der Waals surface area contributed by atoms with Crippen LogP contribution in [-0.2, 0) is 0 Å². The molecule has 2 aromatic carbocycles. The van der Waals surface area contributed by atoms with Gasteiger partial charge in [-0.25, -0.2) is 0 Å². The average molecular weight is 358 g/mol. The molecule has 1 N–H and O–H groups in total. The largest absolute Gasteiger partial charge is 0.486 e. The zero-order valence-corrected chi connectivity index (χ0v) is 13.6. The lowest BCUT2D eigenvalue weighted by Gasteiger charge is -2.19. The number of tetrazole rings is 1. The van der Waals surface area contributed by atoms with E-state index in [2.05, 4.69) is 20.8 Å². The van der Waals surface area contributed by atoms with Gasteiger partial charge in [0.25, 0.3) is 5.91 Å². The number of carbonyl (C=O) groups is 1. The normalized spacial score (nSPS) is 12.7. The van der Waals surface area contributed by atoms with E-state index in [-0.39, 0.29) is 5.91 Å². The van der Waals surface area contributed by atoms with E-state index in [0.717, 1.165) is 0 Å². The predicted molar refractivity (Wildman–Crippen MR) is 89.5 cm³/mol. The van der Waals surface area contributed by atoms with E-state index in [9.17, 15) is 4.79 Å². The minimum Gasteiger partial charge on any atom is -0.486 e. The summed E-state index contributed by atoms with van der Waals surface area (Å²) in [4.78, 5) is 12.7. The lowest BCUT2D eigenvalue weighted by atomic mass is 10.1. The molecular weight excluding hydrogens is 346 g/mol. The summed E-state index contributed by atoms with van der Waals surface area (Å²) in [5.74, 6) is 0.905. The van der Waals surface area contributed by atoms with Gasteiger partial charge in [-0.3, -0.25) is 4.79 Å². The number of fused-ring (bicyclic) bond motifs is 1. The smallest absolute Gasteiger partial charge is 0.257 e. The molecule has 0 spiro atoms. The number of anilines is 1. The van der Waals surface area contributed by atoms with E-state index < -0.39 is 0 Å². The Bertz CT molecular complexity index is 930. The maximum absolute atomic E-state index is 12.7. The van der Waals surface area contributed by atoms with Gasteiger partial charge < -0.3 is 14.8 Å². The van der Waals surface area contributed by atoms with E-state index in [4.69, 9.17) is 21.1 Å². The van der Waals surface area contributed by atoms with Crippen molar-refractivity contribution >= 4 is 23.2 Å². The second kappa shape index (κ2) is 6.40. The summed E-state index contributed by atoms with van der Waals surface area (Å²) in [6, 6.07) is 10.1. The van der Waals surface area contributed by atoms with E-state index in [1.165, 1.54) is 11.0 Å². The predicted octanol–water partition coefficient (Wildman–Crippen LogP) is 2.34. The Hall–Kier alpha value is -3.13. The van der Waals surface area contributed by atoms with E-state index >= 15 is 0 Å². The zero-order chi connectivity index (χ0) is 17.2. The molecule has 0 bridgehead atoms. The summed E-state index contributed by atoms with van der Waals surface area (Å²) in [6.07, 6.45) is 1.41. The van der Waals surface area contributed by atoms with Gasteiger partial charge in [0.15, 0.2) is 11.5 Å². The molecule has 4 rings (SSSR count). The molecule has 25 heavy (non-hydrogen) atoms. The van der Waals surface area contributed by atoms with Crippen LogP contribution in [0.3, 0.4) is 0 Å². The number of ether oxygens (including phenoxy) is 2. The number of hydrogen-bond donors (Lipinski definition) is 1. The van der Waals surface area contributed by atoms with Crippen molar-refractivity contribution in [3.05, 3.63) is 53.3 Å². The first-order valence-corrected chi connectivity index (χ1v) is 7.82. The van der Waals surface area contributed by atoms with Gasteiger partial charge in [-0.05, 0) is 40.8 Å². The van der Waals surface area contributed by atoms with Crippen molar-refractivity contribution in [1.29, 1.82) is 0 Å². The zero-order valence-electron chi connectivity index (χ0n) is 12.8. The number of halogens is 1. The van der Waals surface area contributed by atoms with Crippen LogP contribution in [-0.4, -0.2) is 39.3 Å². The number of nitrogens with one attached hydrogen (secondary N) is 1. The van der Waals surface area contributed by atoms with E-state index in [1.54, 1.807) is 36.4 Å². The number of hydrogen-bond acceptors (Lipinski definition) is 6. The Kier molecular flexibility index (Phi) is 3.95. The first kappa shape index (κ1) is 15.4. The molecule has 0 atom stereocenters. The molecule has 2 heterocycles. The van der Waals surface area contributed by atoms with Crippen molar-refractivity contribution in [2.75, 3.05) is 18.5 Å². The monoisotopic (exact) mass is 357 g/mol. The van der Waals surface area contributed by atoms with Gasteiger partial charge >= 0.3 is 0 Å². The molecular formula is C16H12ClN5O3. The van der Waals surface area contributed by atoms with Crippen molar-refractivity contribution in [2.24, 2.45) is 0 Å². The molecule has 8 nitrogen and oxygen atoms in total. The van der Waals surface area contributed by atoms with Crippen molar-refractivity contribution in [1.82, 2.24) is 20.2 Å². The van der Waals surface area contributed by atoms with Gasteiger partial charge in [0.2, 0.25) is 0 Å². The Morgan fingerprint density at radius 3 is 2.76 bits per heavy atom. The highest BCUT2D eigenvalue weighted by Gasteiger charge is 2.17. The maximum Gasteiger partial charge on any atom is 0.257 e. The van der Waals surface area contributed by atoms with Crippen LogP contribution >= 0.6 is 11.6 Å². The Morgan fingerprint density at radius 2 is 1.96 bits per heavy atom. The summed E-state index contributed by atoms with van der Waals surface area (Å²) in [7, 11) is 0. The topological polar surface area (TPSA) is 91.2 Å². The molecule has 1 amide bonds. The number of benzene rings is 2. The van der Waals surface area contributed by atoms with Gasteiger partial charge in [-0.2, -0.15) is 4.68 Å². The number of carbonyl (C=O) groups excluding carboxylic acids is 1. The van der Waals surface area contributed by atoms with Gasteiger partial charge in [-0.1, -0.05) is 11.6 Å². The van der Waals surface area contributed by atoms with Crippen molar-refractivity contribution in [2.45, 2.75) is 0 Å². The minimum atomic E-state index is -0.343. The van der Waals surface area contributed by atoms with Gasteiger partial charge in [0.1, 0.15) is 19.5 Å². The van der Waals surface area contributed by atoms with Crippen LogP contribution in [0.15, 0.2) is 42.7 Å². The van der Waals surface area contributed by atoms with Crippen LogP contribution in [0.2, 0.25) is 5.02 Å². The van der Waals surface area contributed by atoms with Crippen LogP contribution in [0.5, 0.6) is 11.5 Å². The summed E-state index contributed by atoms with van der Waals surface area (Å²) in [6.45, 7) is 0.985. The van der Waals surface area contributed by atoms with E-state index in [0.29, 0.717) is 46.7 Å². The number of amides is 1. The summed E-state index contributed by atoms with van der Waals surface area (Å²) >= 11 is 6.04. The fourth-order valence-corrected chi connectivity index (χ4v) is 2.65. The molecule has 1 aliphatic heterocycles. The minimum absolute atomic E-state index is 0.342. The lowest BCUT2D eigenvalue weighted by Crippen LogP contribution is -2.17. The van der Waals surface area contributed by atoms with Gasteiger partial charge in [-0.15, -0.1) is 5.10 Å². The van der Waals surface area contributed by atoms with Crippen LogP contribution in [0.4, 0.5) is 5.69 Å². The van der Waals surface area contributed by atoms with Crippen molar-refractivity contribution in [3.8, 4) is 17.2 Å². The molecule has 0 radical (unpaired) electrons. The molecule has 9 heteroatoms. The van der Waals surface area contributed by atoms with Gasteiger partial charge in [0.05, 0.1) is 11.3 Å². The molecule has 0 saturated carbocycles. The van der Waals surface area contributed by atoms with Crippen molar-refractivity contribution in [3.63, 3.8) is 0 Å². The fraction of sp³-hybridized carbons (Fsp3) is 0.125. The highest BCUT2D eigenvalue weighted by molar-refractivity contribution is 6.31. The molecule has 126 valence electrons. The number of aromatic nitrogens is 4. The third-order valence-corrected chi connectivity index (χ3v) is 3.83. The maximum atomic E-state index is 12.7. The first-order chi connectivity index (χ1) is 12.2. The van der Waals surface area contributed by atoms with Crippen LogP contribution < -0.4 is 14.8 Å². The lowest BCUT2D eigenvalue weighted by molar-refractivity contribution is 0.102. The highest BCUT2D eigenvalue weighted by atomic mass is 35.5. The fourth-order valence-electron chi connectivity index (χ4n) is 2.48. The number of rotatable bonds is 3. The molecule has 0 saturated heterocycles. The summed E-state index contributed by atoms with van der Waals surface area (Å²) < 4.78 is 12.4. The summed E-state index contributed by atoms with van der Waals surface area (Å²) in [5.41, 5.74) is 1.44. The SMILES string of the molecule is O=C(Nc1ccc2c(c1)OCCO2)c1cc(Cl)ccc1-n1cnnn1. The first-order valence-electron chi connectivity index (χ1n) is 7.44. The quantitative estimate of drug-likeness (QED) is 0.773. The molecule has 3 aromatic rings. The van der Waals surface area contributed by atoms with Crippen LogP contribution in [0.25, 0.3) is 5.69 Å². The second-order valence-corrected chi connectivity index (χ2v) is 5.66.